The van der Waals surface area contributed by atoms with E-state index in [1.54, 1.807) is 11.8 Å². The predicted molar refractivity (Wildman–Crippen MR) is 88.7 cm³/mol. The second-order valence-electron chi connectivity index (χ2n) is 5.02. The van der Waals surface area contributed by atoms with E-state index in [-0.39, 0.29) is 6.04 Å². The molecule has 2 rings (SSSR count). The van der Waals surface area contributed by atoms with E-state index in [4.69, 9.17) is 17.3 Å². The highest BCUT2D eigenvalue weighted by Crippen LogP contribution is 2.36. The minimum atomic E-state index is 0.185. The highest BCUT2D eigenvalue weighted by molar-refractivity contribution is 7.99. The molecule has 0 heterocycles. The first-order valence-corrected chi connectivity index (χ1v) is 8.07. The molecule has 0 saturated heterocycles. The Morgan fingerprint density at radius 1 is 1.20 bits per heavy atom. The summed E-state index contributed by atoms with van der Waals surface area (Å²) in [4.78, 5) is 2.34. The van der Waals surface area contributed by atoms with Crippen LogP contribution in [0.5, 0.6) is 0 Å². The Kier molecular flexibility index (Phi) is 5.53. The van der Waals surface area contributed by atoms with Crippen molar-refractivity contribution in [2.75, 3.05) is 0 Å². The molecular formula is C17H20ClNS. The molecule has 0 fully saturated rings. The first-order valence-electron chi connectivity index (χ1n) is 6.87. The van der Waals surface area contributed by atoms with Crippen molar-refractivity contribution < 1.29 is 0 Å². The molecule has 0 aromatic heterocycles. The van der Waals surface area contributed by atoms with Crippen LogP contribution in [0.3, 0.4) is 0 Å². The number of hydrogen-bond donors (Lipinski definition) is 1. The summed E-state index contributed by atoms with van der Waals surface area (Å²) in [5, 5.41) is 0.803. The van der Waals surface area contributed by atoms with Crippen molar-refractivity contribution in [3.63, 3.8) is 0 Å². The van der Waals surface area contributed by atoms with Gasteiger partial charge < -0.3 is 5.73 Å². The molecule has 0 saturated carbocycles. The number of rotatable bonds is 5. The fourth-order valence-corrected chi connectivity index (χ4v) is 3.44. The topological polar surface area (TPSA) is 26.0 Å². The van der Waals surface area contributed by atoms with Crippen LogP contribution < -0.4 is 5.73 Å². The maximum atomic E-state index is 6.38. The molecular weight excluding hydrogens is 286 g/mol. The normalized spacial score (nSPS) is 12.4. The number of aryl methyl sites for hydroxylation is 1. The van der Waals surface area contributed by atoms with Crippen molar-refractivity contribution in [2.24, 2.45) is 5.73 Å². The zero-order valence-electron chi connectivity index (χ0n) is 11.9. The van der Waals surface area contributed by atoms with Crippen LogP contribution in [0, 0.1) is 6.92 Å². The molecule has 0 radical (unpaired) electrons. The van der Waals surface area contributed by atoms with Crippen molar-refractivity contribution in [1.82, 2.24) is 0 Å². The summed E-state index contributed by atoms with van der Waals surface area (Å²) in [5.74, 6) is 0. The van der Waals surface area contributed by atoms with Gasteiger partial charge in [0.1, 0.15) is 0 Å². The largest absolute Gasteiger partial charge is 0.327 e. The molecule has 1 nitrogen and oxygen atoms in total. The summed E-state index contributed by atoms with van der Waals surface area (Å²) in [6.45, 7) is 4.22. The van der Waals surface area contributed by atoms with Crippen LogP contribution in [0.4, 0.5) is 0 Å². The summed E-state index contributed by atoms with van der Waals surface area (Å²) in [6.07, 6.45) is 1.84. The fraction of sp³-hybridized carbons (Fsp3) is 0.294. The van der Waals surface area contributed by atoms with Gasteiger partial charge in [-0.2, -0.15) is 0 Å². The molecule has 0 amide bonds. The Hall–Kier alpha value is -0.960. The van der Waals surface area contributed by atoms with Gasteiger partial charge in [0.25, 0.3) is 0 Å². The molecule has 0 spiro atoms. The summed E-state index contributed by atoms with van der Waals surface area (Å²) in [5.41, 5.74) is 8.58. The third-order valence-electron chi connectivity index (χ3n) is 3.26. The zero-order chi connectivity index (χ0) is 14.5. The molecule has 0 aliphatic rings. The van der Waals surface area contributed by atoms with E-state index in [2.05, 4.69) is 44.2 Å². The quantitative estimate of drug-likeness (QED) is 0.833. The van der Waals surface area contributed by atoms with Gasteiger partial charge in [-0.15, -0.1) is 0 Å². The van der Waals surface area contributed by atoms with Crippen LogP contribution >= 0.6 is 23.4 Å². The summed E-state index contributed by atoms with van der Waals surface area (Å²) in [7, 11) is 0. The molecule has 0 aliphatic heterocycles. The van der Waals surface area contributed by atoms with E-state index in [9.17, 15) is 0 Å². The van der Waals surface area contributed by atoms with Crippen molar-refractivity contribution >= 4 is 23.4 Å². The first-order chi connectivity index (χ1) is 9.60. The minimum absolute atomic E-state index is 0.185. The van der Waals surface area contributed by atoms with Gasteiger partial charge in [-0.05, 0) is 43.5 Å². The monoisotopic (exact) mass is 305 g/mol. The molecule has 2 aromatic rings. The first kappa shape index (κ1) is 15.4. The van der Waals surface area contributed by atoms with Gasteiger partial charge >= 0.3 is 0 Å². The van der Waals surface area contributed by atoms with E-state index in [0.29, 0.717) is 0 Å². The maximum Gasteiger partial charge on any atom is 0.0548 e. The molecule has 1 unspecified atom stereocenters. The van der Waals surface area contributed by atoms with Gasteiger partial charge in [0.15, 0.2) is 0 Å². The van der Waals surface area contributed by atoms with E-state index in [0.717, 1.165) is 22.8 Å². The number of benzene rings is 2. The average molecular weight is 306 g/mol. The lowest BCUT2D eigenvalue weighted by molar-refractivity contribution is 0.641. The highest BCUT2D eigenvalue weighted by atomic mass is 35.5. The van der Waals surface area contributed by atoms with Gasteiger partial charge in [0.2, 0.25) is 0 Å². The molecule has 1 atom stereocenters. The van der Waals surface area contributed by atoms with Gasteiger partial charge in [-0.3, -0.25) is 0 Å². The minimum Gasteiger partial charge on any atom is -0.327 e. The van der Waals surface area contributed by atoms with Gasteiger partial charge in [-0.25, -0.2) is 0 Å². The second kappa shape index (κ2) is 7.16. The Bertz CT molecular complexity index is 583. The summed E-state index contributed by atoms with van der Waals surface area (Å²) >= 11 is 8.10. The lowest BCUT2D eigenvalue weighted by Gasteiger charge is -2.14. The van der Waals surface area contributed by atoms with Crippen LogP contribution in [-0.4, -0.2) is 6.04 Å². The van der Waals surface area contributed by atoms with Gasteiger partial charge in [0, 0.05) is 15.8 Å². The average Bonchev–Trinajstić information content (AvgIpc) is 2.42. The van der Waals surface area contributed by atoms with Crippen LogP contribution in [-0.2, 0) is 6.42 Å². The van der Waals surface area contributed by atoms with Crippen LogP contribution in [0.1, 0.15) is 24.5 Å². The molecule has 106 valence electrons. The highest BCUT2D eigenvalue weighted by Gasteiger charge is 2.11. The summed E-state index contributed by atoms with van der Waals surface area (Å²) in [6, 6.07) is 14.7. The molecule has 0 aliphatic carbocycles. The Morgan fingerprint density at radius 2 is 1.95 bits per heavy atom. The second-order valence-corrected chi connectivity index (χ2v) is 6.51. The molecule has 2 aromatic carbocycles. The number of hydrogen-bond acceptors (Lipinski definition) is 2. The van der Waals surface area contributed by atoms with E-state index < -0.39 is 0 Å². The van der Waals surface area contributed by atoms with Crippen molar-refractivity contribution in [3.05, 3.63) is 58.6 Å². The van der Waals surface area contributed by atoms with E-state index in [1.807, 2.05) is 12.1 Å². The smallest absolute Gasteiger partial charge is 0.0548 e. The predicted octanol–water partition coefficient (Wildman–Crippen LogP) is 5.08. The molecule has 0 bridgehead atoms. The third kappa shape index (κ3) is 4.02. The Balaban J connectivity index is 2.30. The summed E-state index contributed by atoms with van der Waals surface area (Å²) < 4.78 is 0. The lowest BCUT2D eigenvalue weighted by Crippen LogP contribution is -2.21. The van der Waals surface area contributed by atoms with Crippen LogP contribution in [0.25, 0.3) is 0 Å². The van der Waals surface area contributed by atoms with E-state index >= 15 is 0 Å². The van der Waals surface area contributed by atoms with Crippen molar-refractivity contribution in [2.45, 2.75) is 42.5 Å². The molecule has 2 N–H and O–H groups in total. The standard InChI is InChI=1S/C17H20ClNS/c1-3-14(19)11-13-7-5-9-16(18)17(13)20-15-8-4-6-12(2)10-15/h4-10,14H,3,11,19H2,1-2H3. The third-order valence-corrected chi connectivity index (χ3v) is 4.87. The fourth-order valence-electron chi connectivity index (χ4n) is 2.05. The van der Waals surface area contributed by atoms with Crippen molar-refractivity contribution in [3.8, 4) is 0 Å². The SMILES string of the molecule is CCC(N)Cc1cccc(Cl)c1Sc1cccc(C)c1. The molecule has 20 heavy (non-hydrogen) atoms. The Labute approximate surface area is 130 Å². The maximum absolute atomic E-state index is 6.38. The zero-order valence-corrected chi connectivity index (χ0v) is 13.5. The Morgan fingerprint density at radius 3 is 2.65 bits per heavy atom. The van der Waals surface area contributed by atoms with Crippen molar-refractivity contribution in [1.29, 1.82) is 0 Å². The molecule has 3 heteroatoms. The van der Waals surface area contributed by atoms with Gasteiger partial charge in [0.05, 0.1) is 5.02 Å². The number of halogens is 1. The van der Waals surface area contributed by atoms with Gasteiger partial charge in [-0.1, -0.05) is 60.1 Å². The van der Waals surface area contributed by atoms with Crippen LogP contribution in [0.15, 0.2) is 52.3 Å². The van der Waals surface area contributed by atoms with E-state index in [1.165, 1.54) is 16.0 Å². The van der Waals surface area contributed by atoms with Crippen LogP contribution in [0.2, 0.25) is 5.02 Å². The lowest BCUT2D eigenvalue weighted by atomic mass is 10.0. The number of nitrogens with two attached hydrogens (primary N) is 1.